The van der Waals surface area contributed by atoms with E-state index >= 15 is 0 Å². The Kier molecular flexibility index (Phi) is 32.4. The normalized spacial score (nSPS) is 23.3. The predicted molar refractivity (Wildman–Crippen MR) is 232 cm³/mol. The smallest absolute Gasteiger partial charge is 0.462 e. The van der Waals surface area contributed by atoms with Crippen LogP contribution in [0.2, 0.25) is 0 Å². The highest BCUT2D eigenvalue weighted by molar-refractivity contribution is 7.47. The van der Waals surface area contributed by atoms with Crippen molar-refractivity contribution in [3.8, 4) is 0 Å². The molecule has 4 unspecified atom stereocenters. The summed E-state index contributed by atoms with van der Waals surface area (Å²) in [7, 11) is -5.14. The molecule has 1 fully saturated rings. The van der Waals surface area contributed by atoms with Crippen LogP contribution in [0, 0.1) is 0 Å². The van der Waals surface area contributed by atoms with Gasteiger partial charge >= 0.3 is 19.8 Å². The van der Waals surface area contributed by atoms with Gasteiger partial charge < -0.3 is 45.0 Å². The average molecular weight is 873 g/mol. The second-order valence-electron chi connectivity index (χ2n) is 15.4. The first-order valence-corrected chi connectivity index (χ1v) is 23.7. The molecule has 14 nitrogen and oxygen atoms in total. The van der Waals surface area contributed by atoms with Gasteiger partial charge in [0.1, 0.15) is 43.2 Å². The molecule has 0 aliphatic heterocycles. The molecule has 60 heavy (non-hydrogen) atoms. The SMILES string of the molecule is CC/C=C/CC(O)/C=C/C=C/CCCCCCCC(=O)OC[C@H](COP(=O)(O)OC1[C@H](O)[C@H](O)C(O)[C@H](O)[C@H]1O)OC(=O)CCCCCCC/C=C\C/C=C\CCCCC. The van der Waals surface area contributed by atoms with E-state index in [4.69, 9.17) is 18.5 Å². The van der Waals surface area contributed by atoms with E-state index in [9.17, 15) is 49.7 Å². The summed E-state index contributed by atoms with van der Waals surface area (Å²) < 4.78 is 33.4. The highest BCUT2D eigenvalue weighted by Crippen LogP contribution is 2.47. The van der Waals surface area contributed by atoms with E-state index in [0.717, 1.165) is 83.5 Å². The molecule has 0 aromatic carbocycles. The minimum Gasteiger partial charge on any atom is -0.462 e. The Morgan fingerprint density at radius 3 is 1.75 bits per heavy atom. The van der Waals surface area contributed by atoms with Crippen molar-refractivity contribution in [2.24, 2.45) is 0 Å². The predicted octanol–water partition coefficient (Wildman–Crippen LogP) is 7.14. The number of phosphoric ester groups is 1. The fourth-order valence-corrected chi connectivity index (χ4v) is 7.27. The molecule has 0 aromatic rings. The number of phosphoric acid groups is 1. The highest BCUT2D eigenvalue weighted by Gasteiger charge is 2.51. The number of allylic oxidation sites excluding steroid dienone is 8. The van der Waals surface area contributed by atoms with Crippen LogP contribution in [0.5, 0.6) is 0 Å². The van der Waals surface area contributed by atoms with Gasteiger partial charge in [0.15, 0.2) is 6.10 Å². The Morgan fingerprint density at radius 2 is 1.15 bits per heavy atom. The van der Waals surface area contributed by atoms with Crippen molar-refractivity contribution in [1.82, 2.24) is 0 Å². The van der Waals surface area contributed by atoms with Gasteiger partial charge in [-0.05, 0) is 70.6 Å². The van der Waals surface area contributed by atoms with E-state index < -0.39 is 81.8 Å². The number of hydrogen-bond donors (Lipinski definition) is 7. The van der Waals surface area contributed by atoms with Crippen LogP contribution < -0.4 is 0 Å². The van der Waals surface area contributed by atoms with E-state index in [2.05, 4.69) is 37.3 Å². The molecule has 7 N–H and O–H groups in total. The summed E-state index contributed by atoms with van der Waals surface area (Å²) in [5.41, 5.74) is 0. The first kappa shape index (κ1) is 55.5. The van der Waals surface area contributed by atoms with Gasteiger partial charge in [-0.3, -0.25) is 18.6 Å². The second-order valence-corrected chi connectivity index (χ2v) is 16.8. The van der Waals surface area contributed by atoms with Crippen molar-refractivity contribution in [3.05, 3.63) is 60.8 Å². The lowest BCUT2D eigenvalue weighted by atomic mass is 9.85. The molecule has 0 aromatic heterocycles. The summed E-state index contributed by atoms with van der Waals surface area (Å²) in [5.74, 6) is -1.18. The minimum atomic E-state index is -5.14. The van der Waals surface area contributed by atoms with Crippen LogP contribution in [0.1, 0.15) is 149 Å². The van der Waals surface area contributed by atoms with Crippen molar-refractivity contribution in [3.63, 3.8) is 0 Å². The highest BCUT2D eigenvalue weighted by atomic mass is 31.2. The fraction of sp³-hybridized carbons (Fsp3) is 0.733. The number of esters is 2. The molecule has 0 saturated heterocycles. The molecule has 9 atom stereocenters. The van der Waals surface area contributed by atoms with Crippen LogP contribution >= 0.6 is 7.82 Å². The van der Waals surface area contributed by atoms with Crippen molar-refractivity contribution in [2.75, 3.05) is 13.2 Å². The second kappa shape index (κ2) is 35.0. The Labute approximate surface area is 358 Å². The average Bonchev–Trinajstić information content (AvgIpc) is 3.22. The van der Waals surface area contributed by atoms with Crippen LogP contribution in [0.3, 0.4) is 0 Å². The Balaban J connectivity index is 2.52. The number of hydrogen-bond acceptors (Lipinski definition) is 13. The lowest BCUT2D eigenvalue weighted by molar-refractivity contribution is -0.220. The standard InChI is InChI=1S/C45H77O14P/c1-3-5-7-8-9-10-11-12-13-14-15-18-22-25-29-33-39(48)58-37(35-57-60(54,55)59-45-43(52)41(50)40(49)42(51)44(45)53)34-56-38(47)32-28-24-21-19-16-17-20-23-27-31-36(46)30-26-6-4-2/h6,9-10,12-13,20,23,26-27,31,36-37,40-46,49-53H,3-5,7-8,11,14-19,21-22,24-25,28-30,32-35H2,1-2H3,(H,54,55)/b10-9-,13-12-,23-20+,26-6+,31-27+/t36?,37-,40?,41-,42+,43-,44-,45?/m1/s1. The zero-order valence-electron chi connectivity index (χ0n) is 36.1. The van der Waals surface area contributed by atoms with Crippen LogP contribution in [0.15, 0.2) is 60.8 Å². The van der Waals surface area contributed by atoms with Gasteiger partial charge in [0.2, 0.25) is 0 Å². The fourth-order valence-electron chi connectivity index (χ4n) is 6.29. The molecule has 346 valence electrons. The molecule has 0 heterocycles. The summed E-state index contributed by atoms with van der Waals surface area (Å²) in [6.07, 6.45) is 24.6. The topological polar surface area (TPSA) is 230 Å². The van der Waals surface area contributed by atoms with Gasteiger partial charge in [-0.2, -0.15) is 0 Å². The van der Waals surface area contributed by atoms with Crippen LogP contribution in [0.4, 0.5) is 0 Å². The maximum atomic E-state index is 12.8. The maximum absolute atomic E-state index is 12.8. The van der Waals surface area contributed by atoms with E-state index in [1.807, 2.05) is 31.2 Å². The van der Waals surface area contributed by atoms with E-state index in [1.165, 1.54) is 19.3 Å². The van der Waals surface area contributed by atoms with Crippen LogP contribution in [-0.4, -0.2) is 110 Å². The number of carbonyl (C=O) groups excluding carboxylic acids is 2. The van der Waals surface area contributed by atoms with Gasteiger partial charge in [-0.1, -0.05) is 126 Å². The van der Waals surface area contributed by atoms with E-state index in [1.54, 1.807) is 6.08 Å². The van der Waals surface area contributed by atoms with Gasteiger partial charge in [0, 0.05) is 12.8 Å². The third-order valence-electron chi connectivity index (χ3n) is 9.92. The molecule has 0 radical (unpaired) electrons. The summed E-state index contributed by atoms with van der Waals surface area (Å²) >= 11 is 0. The monoisotopic (exact) mass is 873 g/mol. The summed E-state index contributed by atoms with van der Waals surface area (Å²) in [6.45, 7) is 3.01. The quantitative estimate of drug-likeness (QED) is 0.0110. The van der Waals surface area contributed by atoms with Crippen molar-refractivity contribution in [2.45, 2.75) is 198 Å². The number of aliphatic hydroxyl groups is 6. The molecule has 0 spiro atoms. The van der Waals surface area contributed by atoms with Gasteiger partial charge in [0.25, 0.3) is 0 Å². The molecular weight excluding hydrogens is 795 g/mol. The lowest BCUT2D eigenvalue weighted by Gasteiger charge is -2.41. The van der Waals surface area contributed by atoms with E-state index in [-0.39, 0.29) is 12.8 Å². The van der Waals surface area contributed by atoms with Crippen molar-refractivity contribution in [1.29, 1.82) is 0 Å². The molecule has 0 bridgehead atoms. The van der Waals surface area contributed by atoms with Gasteiger partial charge in [-0.25, -0.2) is 4.57 Å². The Morgan fingerprint density at radius 1 is 0.617 bits per heavy atom. The van der Waals surface area contributed by atoms with Crippen LogP contribution in [0.25, 0.3) is 0 Å². The minimum absolute atomic E-state index is 0.0628. The lowest BCUT2D eigenvalue weighted by Crippen LogP contribution is -2.64. The number of rotatable bonds is 35. The number of aliphatic hydroxyl groups excluding tert-OH is 6. The summed E-state index contributed by atoms with van der Waals surface area (Å²) in [4.78, 5) is 35.6. The zero-order chi connectivity index (χ0) is 44.4. The van der Waals surface area contributed by atoms with Gasteiger partial charge in [-0.15, -0.1) is 0 Å². The van der Waals surface area contributed by atoms with Crippen LogP contribution in [-0.2, 0) is 32.7 Å². The zero-order valence-corrected chi connectivity index (χ0v) is 37.0. The number of carbonyl (C=O) groups is 2. The summed E-state index contributed by atoms with van der Waals surface area (Å²) in [6, 6.07) is 0. The number of unbranched alkanes of at least 4 members (excludes halogenated alkanes) is 13. The molecule has 1 aliphatic carbocycles. The summed E-state index contributed by atoms with van der Waals surface area (Å²) in [5, 5.41) is 60.0. The number of ether oxygens (including phenoxy) is 2. The molecule has 1 rings (SSSR count). The van der Waals surface area contributed by atoms with E-state index in [0.29, 0.717) is 19.3 Å². The largest absolute Gasteiger partial charge is 0.472 e. The first-order valence-electron chi connectivity index (χ1n) is 22.2. The third kappa shape index (κ3) is 27.5. The van der Waals surface area contributed by atoms with Crippen molar-refractivity contribution < 1.29 is 68.2 Å². The first-order chi connectivity index (χ1) is 28.8. The maximum Gasteiger partial charge on any atom is 0.472 e. The molecule has 0 amide bonds. The third-order valence-corrected chi connectivity index (χ3v) is 10.9. The molecule has 1 aliphatic rings. The molecule has 15 heteroatoms. The molecule has 1 saturated carbocycles. The molecular formula is C45H77O14P. The van der Waals surface area contributed by atoms with Crippen molar-refractivity contribution >= 4 is 19.8 Å². The van der Waals surface area contributed by atoms with Gasteiger partial charge in [0.05, 0.1) is 12.7 Å². The Bertz CT molecular complexity index is 1300. The Hall–Kier alpha value is -2.49.